The molecule has 0 aromatic rings. The Morgan fingerprint density at radius 2 is 2.25 bits per heavy atom. The number of rotatable bonds is 2. The van der Waals surface area contributed by atoms with Crippen molar-refractivity contribution in [2.24, 2.45) is 5.73 Å². The molecule has 5 heteroatoms. The molecule has 0 fully saturated rings. The molecule has 0 spiro atoms. The third-order valence-corrected chi connectivity index (χ3v) is 1.58. The summed E-state index contributed by atoms with van der Waals surface area (Å²) in [5, 5.41) is 8.33. The molecule has 0 radical (unpaired) electrons. The highest BCUT2D eigenvalue weighted by molar-refractivity contribution is 7.57. The largest absolute Gasteiger partial charge is 0.378 e. The van der Waals surface area contributed by atoms with Crippen LogP contribution >= 0.6 is 7.37 Å². The van der Waals surface area contributed by atoms with Crippen LogP contribution in [-0.2, 0) is 4.57 Å². The van der Waals surface area contributed by atoms with Crippen LogP contribution in [-0.4, -0.2) is 29.1 Å². The molecule has 0 aliphatic heterocycles. The topological polar surface area (TPSA) is 83.5 Å². The zero-order valence-corrected chi connectivity index (χ0v) is 5.51. The minimum atomic E-state index is -3.10. The van der Waals surface area contributed by atoms with E-state index in [1.807, 2.05) is 0 Å². The fraction of sp³-hybridized carbons (Fsp3) is 1.00. The van der Waals surface area contributed by atoms with E-state index >= 15 is 0 Å². The van der Waals surface area contributed by atoms with Gasteiger partial charge < -0.3 is 15.7 Å². The molecular weight excluding hydrogens is 129 g/mol. The predicted molar refractivity (Wildman–Crippen MR) is 30.8 cm³/mol. The predicted octanol–water partition coefficient (Wildman–Crippen LogP) is -0.836. The standard InChI is InChI=1S/C3H10NO3P/c1-8(6,7)2-3(4)5/h3,5H,2,4H2,1H3,(H,6,7). The van der Waals surface area contributed by atoms with Crippen molar-refractivity contribution in [2.45, 2.75) is 6.23 Å². The van der Waals surface area contributed by atoms with Crippen LogP contribution < -0.4 is 5.73 Å². The van der Waals surface area contributed by atoms with Gasteiger partial charge in [0.15, 0.2) is 0 Å². The molecule has 0 aliphatic rings. The molecule has 0 aromatic carbocycles. The molecule has 2 atom stereocenters. The van der Waals surface area contributed by atoms with Crippen molar-refractivity contribution in [3.63, 3.8) is 0 Å². The molecule has 0 rings (SSSR count). The van der Waals surface area contributed by atoms with Crippen LogP contribution in [0.4, 0.5) is 0 Å². The molecule has 0 aromatic heterocycles. The summed E-state index contributed by atoms with van der Waals surface area (Å²) in [5.41, 5.74) is 4.80. The minimum Gasteiger partial charge on any atom is -0.378 e. The van der Waals surface area contributed by atoms with Crippen LogP contribution in [0.3, 0.4) is 0 Å². The van der Waals surface area contributed by atoms with E-state index in [0.717, 1.165) is 6.66 Å². The second kappa shape index (κ2) is 2.60. The Balaban J connectivity index is 3.56. The van der Waals surface area contributed by atoms with Gasteiger partial charge in [-0.3, -0.25) is 4.57 Å². The van der Waals surface area contributed by atoms with E-state index in [1.165, 1.54) is 0 Å². The smallest absolute Gasteiger partial charge is 0.201 e. The van der Waals surface area contributed by atoms with Crippen molar-refractivity contribution in [3.8, 4) is 0 Å². The highest BCUT2D eigenvalue weighted by Gasteiger charge is 2.12. The van der Waals surface area contributed by atoms with Crippen molar-refractivity contribution >= 4 is 7.37 Å². The Morgan fingerprint density at radius 3 is 2.25 bits per heavy atom. The molecule has 0 bridgehead atoms. The highest BCUT2D eigenvalue weighted by atomic mass is 31.2. The van der Waals surface area contributed by atoms with E-state index in [1.54, 1.807) is 0 Å². The SMILES string of the molecule is CP(=O)(O)CC(N)O. The van der Waals surface area contributed by atoms with Gasteiger partial charge in [-0.05, 0) is 0 Å². The summed E-state index contributed by atoms with van der Waals surface area (Å²) in [4.78, 5) is 8.50. The third-order valence-electron chi connectivity index (χ3n) is 0.526. The normalized spacial score (nSPS) is 22.0. The molecule has 0 heterocycles. The minimum absolute atomic E-state index is 0.229. The molecule has 4 N–H and O–H groups in total. The van der Waals surface area contributed by atoms with Crippen molar-refractivity contribution in [3.05, 3.63) is 0 Å². The van der Waals surface area contributed by atoms with Crippen LogP contribution in [0.1, 0.15) is 0 Å². The Labute approximate surface area is 47.8 Å². The average molecular weight is 139 g/mol. The lowest BCUT2D eigenvalue weighted by Crippen LogP contribution is -2.22. The number of hydrogen-bond acceptors (Lipinski definition) is 3. The maximum absolute atomic E-state index is 10.3. The van der Waals surface area contributed by atoms with Crippen LogP contribution in [0.25, 0.3) is 0 Å². The van der Waals surface area contributed by atoms with Gasteiger partial charge in [-0.1, -0.05) is 0 Å². The van der Waals surface area contributed by atoms with Gasteiger partial charge in [0.05, 0.1) is 6.16 Å². The summed E-state index contributed by atoms with van der Waals surface area (Å²) in [5.74, 6) is 0. The Hall–Kier alpha value is 0.110. The second-order valence-electron chi connectivity index (χ2n) is 1.80. The van der Waals surface area contributed by atoms with Crippen LogP contribution in [0.2, 0.25) is 0 Å². The van der Waals surface area contributed by atoms with Gasteiger partial charge in [-0.2, -0.15) is 0 Å². The maximum atomic E-state index is 10.3. The van der Waals surface area contributed by atoms with Crippen molar-refractivity contribution in [1.82, 2.24) is 0 Å². The summed E-state index contributed by atoms with van der Waals surface area (Å²) >= 11 is 0. The quantitative estimate of drug-likeness (QED) is 0.344. The lowest BCUT2D eigenvalue weighted by Gasteiger charge is -2.05. The lowest BCUT2D eigenvalue weighted by atomic mass is 10.7. The Bertz CT molecular complexity index is 107. The van der Waals surface area contributed by atoms with E-state index in [9.17, 15) is 4.57 Å². The van der Waals surface area contributed by atoms with Gasteiger partial charge in [0.25, 0.3) is 0 Å². The second-order valence-corrected chi connectivity index (χ2v) is 4.27. The monoisotopic (exact) mass is 139 g/mol. The van der Waals surface area contributed by atoms with Gasteiger partial charge in [0.2, 0.25) is 7.37 Å². The number of aliphatic hydroxyl groups is 1. The Morgan fingerprint density at radius 1 is 1.88 bits per heavy atom. The van der Waals surface area contributed by atoms with E-state index in [-0.39, 0.29) is 6.16 Å². The molecule has 0 amide bonds. The van der Waals surface area contributed by atoms with Crippen molar-refractivity contribution in [1.29, 1.82) is 0 Å². The molecule has 8 heavy (non-hydrogen) atoms. The van der Waals surface area contributed by atoms with Gasteiger partial charge in [-0.15, -0.1) is 0 Å². The van der Waals surface area contributed by atoms with Gasteiger partial charge in [0, 0.05) is 6.66 Å². The molecule has 2 unspecified atom stereocenters. The summed E-state index contributed by atoms with van der Waals surface area (Å²) in [6, 6.07) is 0. The average Bonchev–Trinajstić information content (AvgIpc) is 1.21. The van der Waals surface area contributed by atoms with Gasteiger partial charge in [-0.25, -0.2) is 0 Å². The number of nitrogens with two attached hydrogens (primary N) is 1. The van der Waals surface area contributed by atoms with Gasteiger partial charge in [0.1, 0.15) is 6.23 Å². The van der Waals surface area contributed by atoms with E-state index in [4.69, 9.17) is 15.7 Å². The van der Waals surface area contributed by atoms with Gasteiger partial charge >= 0.3 is 0 Å². The molecular formula is C3H10NO3P. The summed E-state index contributed by atoms with van der Waals surface area (Å²) < 4.78 is 10.3. The molecule has 50 valence electrons. The highest BCUT2D eigenvalue weighted by Crippen LogP contribution is 2.34. The molecule has 0 saturated heterocycles. The first-order chi connectivity index (χ1) is 3.42. The lowest BCUT2D eigenvalue weighted by molar-refractivity contribution is 0.202. The number of hydrogen-bond donors (Lipinski definition) is 3. The zero-order chi connectivity index (χ0) is 6.78. The summed E-state index contributed by atoms with van der Waals surface area (Å²) in [7, 11) is -3.10. The van der Waals surface area contributed by atoms with Crippen LogP contribution in [0.5, 0.6) is 0 Å². The fourth-order valence-electron chi connectivity index (χ4n) is 0.347. The first-order valence-electron chi connectivity index (χ1n) is 2.15. The van der Waals surface area contributed by atoms with Crippen molar-refractivity contribution < 1.29 is 14.6 Å². The molecule has 0 saturated carbocycles. The fourth-order valence-corrected chi connectivity index (χ4v) is 1.04. The van der Waals surface area contributed by atoms with Crippen LogP contribution in [0, 0.1) is 0 Å². The van der Waals surface area contributed by atoms with E-state index in [0.29, 0.717) is 0 Å². The Kier molecular flexibility index (Phi) is 2.63. The third kappa shape index (κ3) is 6.11. The van der Waals surface area contributed by atoms with Crippen molar-refractivity contribution in [2.75, 3.05) is 12.8 Å². The molecule has 0 aliphatic carbocycles. The maximum Gasteiger partial charge on any atom is 0.201 e. The van der Waals surface area contributed by atoms with Crippen LogP contribution in [0.15, 0.2) is 0 Å². The molecule has 4 nitrogen and oxygen atoms in total. The number of aliphatic hydroxyl groups excluding tert-OH is 1. The van der Waals surface area contributed by atoms with E-state index < -0.39 is 13.6 Å². The first kappa shape index (κ1) is 8.11. The summed E-state index contributed by atoms with van der Waals surface area (Å²) in [6.45, 7) is 1.16. The zero-order valence-electron chi connectivity index (χ0n) is 4.61. The van der Waals surface area contributed by atoms with E-state index in [2.05, 4.69) is 0 Å². The first-order valence-corrected chi connectivity index (χ1v) is 4.44. The summed E-state index contributed by atoms with van der Waals surface area (Å²) in [6.07, 6.45) is -1.40.